The van der Waals surface area contributed by atoms with E-state index < -0.39 is 0 Å². The molecular weight excluding hydrogens is 230 g/mol. The second-order valence-electron chi connectivity index (χ2n) is 3.53. The molecule has 15 heavy (non-hydrogen) atoms. The predicted molar refractivity (Wildman–Crippen MR) is 58.6 cm³/mol. The molecule has 0 amide bonds. The maximum Gasteiger partial charge on any atom is 0 e. The van der Waals surface area contributed by atoms with E-state index in [0.717, 1.165) is 0 Å². The smallest absolute Gasteiger partial charge is 0 e. The first-order valence-electron chi connectivity index (χ1n) is 4.43. The van der Waals surface area contributed by atoms with E-state index in [2.05, 4.69) is 50.2 Å². The molecule has 0 aliphatic heterocycles. The molecule has 0 radical (unpaired) electrons. The molecule has 2 aromatic rings. The Balaban J connectivity index is 0. The largest absolute Gasteiger partial charge is 0.269 e. The molecule has 2 rings (SSSR count). The van der Waals surface area contributed by atoms with Crippen molar-refractivity contribution >= 4 is 10.8 Å². The van der Waals surface area contributed by atoms with Gasteiger partial charge in [0.15, 0.2) is 0 Å². The number of hydrogen-bond acceptors (Lipinski definition) is 0. The minimum Gasteiger partial charge on any atom is -0.269 e. The van der Waals surface area contributed by atoms with E-state index in [1.54, 1.807) is 0 Å². The Labute approximate surface area is 104 Å². The first-order valence-corrected chi connectivity index (χ1v) is 4.43. The van der Waals surface area contributed by atoms with Crippen LogP contribution >= 0.6 is 0 Å². The van der Waals surface area contributed by atoms with Crippen LogP contribution in [0.1, 0.15) is 25.3 Å². The van der Waals surface area contributed by atoms with Crippen LogP contribution in [0.3, 0.4) is 0 Å². The molecule has 0 saturated carbocycles. The first-order chi connectivity index (χ1) is 5.79. The van der Waals surface area contributed by atoms with Crippen LogP contribution in [0.4, 0.5) is 9.41 Å². The summed E-state index contributed by atoms with van der Waals surface area (Å²) in [7, 11) is 0. The number of halogens is 2. The Hall–Kier alpha value is -0.596. The van der Waals surface area contributed by atoms with Gasteiger partial charge in [-0.3, -0.25) is 9.41 Å². The van der Waals surface area contributed by atoms with Gasteiger partial charge in [0.25, 0.3) is 0 Å². The van der Waals surface area contributed by atoms with Gasteiger partial charge in [0.05, 0.1) is 0 Å². The Morgan fingerprint density at radius 2 is 1.60 bits per heavy atom. The van der Waals surface area contributed by atoms with E-state index in [1.165, 1.54) is 16.3 Å². The van der Waals surface area contributed by atoms with E-state index in [1.807, 2.05) is 0 Å². The molecule has 82 valence electrons. The maximum atomic E-state index is 2.24. The van der Waals surface area contributed by atoms with Crippen molar-refractivity contribution in [2.24, 2.45) is 0 Å². The van der Waals surface area contributed by atoms with Gasteiger partial charge in [0.2, 0.25) is 0 Å². The summed E-state index contributed by atoms with van der Waals surface area (Å²) in [6, 6.07) is 13.0. The molecule has 0 nitrogen and oxygen atoms in total. The molecule has 0 aliphatic carbocycles. The van der Waals surface area contributed by atoms with Gasteiger partial charge in [-0.05, 0) is 0 Å². The monoisotopic (exact) mass is 245 g/mol. The van der Waals surface area contributed by atoms with Crippen LogP contribution in [-0.2, 0) is 21.7 Å². The molecule has 0 N–H and O–H groups in total. The first kappa shape index (κ1) is 16.8. The second-order valence-corrected chi connectivity index (χ2v) is 3.53. The zero-order chi connectivity index (χ0) is 8.55. The second kappa shape index (κ2) is 6.81. The summed E-state index contributed by atoms with van der Waals surface area (Å²) >= 11 is 0. The van der Waals surface area contributed by atoms with Gasteiger partial charge in [-0.15, -0.1) is 40.6 Å². The average Bonchev–Trinajstić information content (AvgIpc) is 2.47. The zero-order valence-electron chi connectivity index (χ0n) is 8.86. The van der Waals surface area contributed by atoms with Gasteiger partial charge < -0.3 is 0 Å². The quantitative estimate of drug-likeness (QED) is 0.526. The minimum absolute atomic E-state index is 0. The third-order valence-corrected chi connectivity index (χ3v) is 2.34. The summed E-state index contributed by atoms with van der Waals surface area (Å²) in [4.78, 5) is 0. The average molecular weight is 245 g/mol. The maximum absolute atomic E-state index is 2.24. The Morgan fingerprint density at radius 1 is 1.00 bits per heavy atom. The fraction of sp³-hybridized carbons (Fsp3) is 0.250. The molecular formula is C12H15F2Ti-. The summed E-state index contributed by atoms with van der Waals surface area (Å²) in [6.45, 7) is 4.48. The molecule has 0 heterocycles. The summed E-state index contributed by atoms with van der Waals surface area (Å²) in [5, 5.41) is 2.77. The van der Waals surface area contributed by atoms with Crippen molar-refractivity contribution in [3.63, 3.8) is 0 Å². The van der Waals surface area contributed by atoms with Gasteiger partial charge >= 0.3 is 0 Å². The Morgan fingerprint density at radius 3 is 2.20 bits per heavy atom. The van der Waals surface area contributed by atoms with Crippen molar-refractivity contribution in [2.45, 2.75) is 19.8 Å². The van der Waals surface area contributed by atoms with Crippen LogP contribution in [0.15, 0.2) is 36.4 Å². The van der Waals surface area contributed by atoms with E-state index in [9.17, 15) is 0 Å². The standard InChI is InChI=1S/C12H13.2FH.Ti/c1-9(2)11-8-7-10-5-3-4-6-12(10)11;;;/h3-9H,1-2H3;2*1H;/q-1;;;. The van der Waals surface area contributed by atoms with Gasteiger partial charge in [-0.25, -0.2) is 0 Å². The molecule has 0 fully saturated rings. The van der Waals surface area contributed by atoms with Crippen LogP contribution in [0.25, 0.3) is 10.8 Å². The van der Waals surface area contributed by atoms with Crippen LogP contribution in [0, 0.1) is 0 Å². The summed E-state index contributed by atoms with van der Waals surface area (Å²) in [5.74, 6) is 0.630. The molecule has 0 atom stereocenters. The Kier molecular flexibility index (Phi) is 7.64. The molecule has 0 bridgehead atoms. The summed E-state index contributed by atoms with van der Waals surface area (Å²) in [6.07, 6.45) is 0. The van der Waals surface area contributed by atoms with Gasteiger partial charge in [-0.1, -0.05) is 25.8 Å². The van der Waals surface area contributed by atoms with Crippen LogP contribution < -0.4 is 0 Å². The third kappa shape index (κ3) is 3.18. The molecule has 0 aliphatic rings. The van der Waals surface area contributed by atoms with Gasteiger partial charge in [-0.2, -0.15) is 6.07 Å². The van der Waals surface area contributed by atoms with Crippen molar-refractivity contribution in [3.05, 3.63) is 42.0 Å². The third-order valence-electron chi connectivity index (χ3n) is 2.34. The number of hydrogen-bond donors (Lipinski definition) is 0. The van der Waals surface area contributed by atoms with Crippen LogP contribution in [0.5, 0.6) is 0 Å². The van der Waals surface area contributed by atoms with Crippen molar-refractivity contribution in [1.82, 2.24) is 0 Å². The molecule has 0 unspecified atom stereocenters. The van der Waals surface area contributed by atoms with Crippen molar-refractivity contribution in [2.75, 3.05) is 0 Å². The van der Waals surface area contributed by atoms with E-state index in [4.69, 9.17) is 0 Å². The summed E-state index contributed by atoms with van der Waals surface area (Å²) in [5.41, 5.74) is 1.46. The van der Waals surface area contributed by atoms with Crippen molar-refractivity contribution in [3.8, 4) is 0 Å². The van der Waals surface area contributed by atoms with Crippen LogP contribution in [-0.4, -0.2) is 0 Å². The van der Waals surface area contributed by atoms with E-state index in [0.29, 0.717) is 5.92 Å². The molecule has 0 saturated heterocycles. The van der Waals surface area contributed by atoms with Gasteiger partial charge in [0, 0.05) is 21.7 Å². The van der Waals surface area contributed by atoms with Gasteiger partial charge in [0.1, 0.15) is 0 Å². The van der Waals surface area contributed by atoms with E-state index >= 15 is 0 Å². The Bertz CT molecular complexity index is 393. The summed E-state index contributed by atoms with van der Waals surface area (Å²) < 4.78 is 0. The SMILES string of the molecule is CC(C)[c-]1ccc2ccccc21.F.F.[Ti]. The van der Waals surface area contributed by atoms with Crippen LogP contribution in [0.2, 0.25) is 0 Å². The molecule has 2 aromatic carbocycles. The fourth-order valence-corrected chi connectivity index (χ4v) is 1.68. The number of fused-ring (bicyclic) bond motifs is 1. The molecule has 0 spiro atoms. The van der Waals surface area contributed by atoms with Crippen molar-refractivity contribution < 1.29 is 31.1 Å². The topological polar surface area (TPSA) is 0 Å². The fourth-order valence-electron chi connectivity index (χ4n) is 1.68. The number of benzene rings is 1. The van der Waals surface area contributed by atoms with E-state index in [-0.39, 0.29) is 31.1 Å². The number of rotatable bonds is 1. The normalized spacial score (nSPS) is 9.00. The predicted octanol–water partition coefficient (Wildman–Crippen LogP) is 3.98. The zero-order valence-corrected chi connectivity index (χ0v) is 10.4. The minimum atomic E-state index is 0. The van der Waals surface area contributed by atoms with Crippen molar-refractivity contribution in [1.29, 1.82) is 0 Å². The molecule has 0 aromatic heterocycles. The molecule has 3 heteroatoms.